The van der Waals surface area contributed by atoms with Crippen molar-refractivity contribution in [2.75, 3.05) is 24.6 Å². The predicted molar refractivity (Wildman–Crippen MR) is 56.4 cm³/mol. The van der Waals surface area contributed by atoms with E-state index in [4.69, 9.17) is 4.74 Å². The summed E-state index contributed by atoms with van der Waals surface area (Å²) in [7, 11) is 0. The minimum Gasteiger partial charge on any atom is -0.377 e. The van der Waals surface area contributed by atoms with Gasteiger partial charge in [0.05, 0.1) is 6.10 Å². The minimum absolute atomic E-state index is 0.0909. The Morgan fingerprint density at radius 2 is 2.12 bits per heavy atom. The standard InChI is InChI=1S/C11H13F3N2O/c1-7-6-16(3-2-4-17-7)11-9(13)5-8(12)10(14)15-11/h5,7H,2-4,6H2,1H3. The van der Waals surface area contributed by atoms with Crippen molar-refractivity contribution < 1.29 is 17.9 Å². The minimum atomic E-state index is -1.28. The Morgan fingerprint density at radius 3 is 2.88 bits per heavy atom. The lowest BCUT2D eigenvalue weighted by molar-refractivity contribution is 0.0820. The van der Waals surface area contributed by atoms with Crippen LogP contribution in [0.1, 0.15) is 13.3 Å². The van der Waals surface area contributed by atoms with Crippen LogP contribution in [0.2, 0.25) is 0 Å². The third-order valence-corrected chi connectivity index (χ3v) is 2.62. The van der Waals surface area contributed by atoms with E-state index in [9.17, 15) is 13.2 Å². The van der Waals surface area contributed by atoms with Crippen molar-refractivity contribution in [2.45, 2.75) is 19.4 Å². The number of rotatable bonds is 1. The predicted octanol–water partition coefficient (Wildman–Crippen LogP) is 2.11. The van der Waals surface area contributed by atoms with Gasteiger partial charge in [0, 0.05) is 25.8 Å². The molecule has 0 saturated carbocycles. The van der Waals surface area contributed by atoms with Crippen LogP contribution in [0, 0.1) is 17.6 Å². The molecule has 0 bridgehead atoms. The zero-order valence-corrected chi connectivity index (χ0v) is 9.42. The summed E-state index contributed by atoms with van der Waals surface area (Å²) in [4.78, 5) is 4.90. The summed E-state index contributed by atoms with van der Waals surface area (Å²) in [5, 5.41) is 0. The fourth-order valence-corrected chi connectivity index (χ4v) is 1.84. The third-order valence-electron chi connectivity index (χ3n) is 2.62. The van der Waals surface area contributed by atoms with E-state index in [0.29, 0.717) is 32.2 Å². The summed E-state index contributed by atoms with van der Waals surface area (Å²) in [5.74, 6) is -3.55. The molecule has 2 rings (SSSR count). The topological polar surface area (TPSA) is 25.4 Å². The molecule has 0 aliphatic carbocycles. The van der Waals surface area contributed by atoms with Crippen molar-refractivity contribution in [3.8, 4) is 0 Å². The van der Waals surface area contributed by atoms with Crippen LogP contribution in [0.5, 0.6) is 0 Å². The normalized spacial score (nSPS) is 21.4. The van der Waals surface area contributed by atoms with Gasteiger partial charge in [-0.2, -0.15) is 9.37 Å². The van der Waals surface area contributed by atoms with Crippen LogP contribution >= 0.6 is 0 Å². The van der Waals surface area contributed by atoms with Gasteiger partial charge in [-0.05, 0) is 13.3 Å². The number of aromatic nitrogens is 1. The lowest BCUT2D eigenvalue weighted by Gasteiger charge is -2.23. The molecule has 0 spiro atoms. The van der Waals surface area contributed by atoms with Gasteiger partial charge in [0.1, 0.15) is 0 Å². The Hall–Kier alpha value is -1.30. The SMILES string of the molecule is CC1CN(c2nc(F)c(F)cc2F)CCCO1. The number of halogens is 3. The largest absolute Gasteiger partial charge is 0.377 e. The number of anilines is 1. The lowest BCUT2D eigenvalue weighted by Crippen LogP contribution is -2.32. The van der Waals surface area contributed by atoms with E-state index in [2.05, 4.69) is 4.98 Å². The van der Waals surface area contributed by atoms with Crippen LogP contribution in [0.25, 0.3) is 0 Å². The molecule has 0 radical (unpaired) electrons. The molecule has 17 heavy (non-hydrogen) atoms. The van der Waals surface area contributed by atoms with E-state index in [1.807, 2.05) is 6.92 Å². The van der Waals surface area contributed by atoms with Crippen molar-refractivity contribution in [1.29, 1.82) is 0 Å². The van der Waals surface area contributed by atoms with E-state index in [0.717, 1.165) is 0 Å². The Bertz CT molecular complexity index is 414. The zero-order chi connectivity index (χ0) is 12.4. The van der Waals surface area contributed by atoms with E-state index in [1.165, 1.54) is 0 Å². The quantitative estimate of drug-likeness (QED) is 0.710. The molecule has 6 heteroatoms. The molecule has 94 valence electrons. The number of nitrogens with zero attached hydrogens (tertiary/aromatic N) is 2. The molecule has 1 atom stereocenters. The first kappa shape index (κ1) is 12.2. The summed E-state index contributed by atoms with van der Waals surface area (Å²) in [6, 6.07) is 0.522. The second-order valence-electron chi connectivity index (χ2n) is 4.05. The molecular formula is C11H13F3N2O. The summed E-state index contributed by atoms with van der Waals surface area (Å²) in [6.45, 7) is 3.34. The molecule has 1 aliphatic heterocycles. The number of hydrogen-bond donors (Lipinski definition) is 0. The monoisotopic (exact) mass is 246 g/mol. The number of pyridine rings is 1. The first-order valence-electron chi connectivity index (χ1n) is 5.46. The average Bonchev–Trinajstić information content (AvgIpc) is 2.48. The summed E-state index contributed by atoms with van der Waals surface area (Å²) >= 11 is 0. The maximum Gasteiger partial charge on any atom is 0.251 e. The van der Waals surface area contributed by atoms with Gasteiger partial charge in [-0.25, -0.2) is 8.78 Å². The molecule has 1 aliphatic rings. The molecule has 0 aromatic carbocycles. The van der Waals surface area contributed by atoms with Gasteiger partial charge in [0.2, 0.25) is 0 Å². The Labute approximate surface area is 97.2 Å². The average molecular weight is 246 g/mol. The molecular weight excluding hydrogens is 233 g/mol. The van der Waals surface area contributed by atoms with Gasteiger partial charge < -0.3 is 9.64 Å². The van der Waals surface area contributed by atoms with Crippen LogP contribution in [0.4, 0.5) is 19.0 Å². The third kappa shape index (κ3) is 2.69. The molecule has 0 N–H and O–H groups in total. The van der Waals surface area contributed by atoms with E-state index in [-0.39, 0.29) is 11.9 Å². The van der Waals surface area contributed by atoms with Gasteiger partial charge in [-0.3, -0.25) is 0 Å². The van der Waals surface area contributed by atoms with E-state index < -0.39 is 17.6 Å². The maximum atomic E-state index is 13.5. The summed E-state index contributed by atoms with van der Waals surface area (Å²) < 4.78 is 44.7. The van der Waals surface area contributed by atoms with Crippen LogP contribution in [-0.2, 0) is 4.74 Å². The Balaban J connectivity index is 2.28. The van der Waals surface area contributed by atoms with E-state index >= 15 is 0 Å². The van der Waals surface area contributed by atoms with Gasteiger partial charge in [0.15, 0.2) is 17.5 Å². The number of hydrogen-bond acceptors (Lipinski definition) is 3. The fourth-order valence-electron chi connectivity index (χ4n) is 1.84. The Kier molecular flexibility index (Phi) is 3.51. The van der Waals surface area contributed by atoms with Crippen molar-refractivity contribution in [3.05, 3.63) is 23.6 Å². The molecule has 1 aromatic heterocycles. The lowest BCUT2D eigenvalue weighted by atomic mass is 10.3. The van der Waals surface area contributed by atoms with Crippen LogP contribution in [0.3, 0.4) is 0 Å². The number of ether oxygens (including phenoxy) is 1. The first-order chi connectivity index (χ1) is 8.08. The van der Waals surface area contributed by atoms with E-state index in [1.54, 1.807) is 4.90 Å². The van der Waals surface area contributed by atoms with Gasteiger partial charge in [-0.1, -0.05) is 0 Å². The highest BCUT2D eigenvalue weighted by Gasteiger charge is 2.21. The highest BCUT2D eigenvalue weighted by atomic mass is 19.2. The molecule has 1 fully saturated rings. The van der Waals surface area contributed by atoms with Gasteiger partial charge in [-0.15, -0.1) is 0 Å². The first-order valence-corrected chi connectivity index (χ1v) is 5.46. The maximum absolute atomic E-state index is 13.5. The Morgan fingerprint density at radius 1 is 1.35 bits per heavy atom. The van der Waals surface area contributed by atoms with Crippen molar-refractivity contribution in [3.63, 3.8) is 0 Å². The molecule has 1 unspecified atom stereocenters. The molecule has 3 nitrogen and oxygen atoms in total. The molecule has 1 saturated heterocycles. The highest BCUT2D eigenvalue weighted by Crippen LogP contribution is 2.21. The molecule has 1 aromatic rings. The van der Waals surface area contributed by atoms with Gasteiger partial charge in [0.25, 0.3) is 5.95 Å². The van der Waals surface area contributed by atoms with Gasteiger partial charge >= 0.3 is 0 Å². The second kappa shape index (κ2) is 4.91. The molecule has 2 heterocycles. The summed E-state index contributed by atoms with van der Waals surface area (Å²) in [5.41, 5.74) is 0. The van der Waals surface area contributed by atoms with Crippen LogP contribution < -0.4 is 4.90 Å². The zero-order valence-electron chi connectivity index (χ0n) is 9.42. The highest BCUT2D eigenvalue weighted by molar-refractivity contribution is 5.40. The molecule has 0 amide bonds. The van der Waals surface area contributed by atoms with Crippen LogP contribution in [-0.4, -0.2) is 30.8 Å². The van der Waals surface area contributed by atoms with Crippen molar-refractivity contribution in [2.24, 2.45) is 0 Å². The smallest absolute Gasteiger partial charge is 0.251 e. The summed E-state index contributed by atoms with van der Waals surface area (Å²) in [6.07, 6.45) is 0.608. The fraction of sp³-hybridized carbons (Fsp3) is 0.545. The second-order valence-corrected chi connectivity index (χ2v) is 4.05. The van der Waals surface area contributed by atoms with Crippen molar-refractivity contribution in [1.82, 2.24) is 4.98 Å². The van der Waals surface area contributed by atoms with Crippen LogP contribution in [0.15, 0.2) is 6.07 Å². The van der Waals surface area contributed by atoms with Crippen molar-refractivity contribution >= 4 is 5.82 Å².